The summed E-state index contributed by atoms with van der Waals surface area (Å²) < 4.78 is 0. The molecule has 2 aromatic heterocycles. The number of carbonyl (C=O) groups excluding carboxylic acids is 1. The molecule has 156 valence electrons. The van der Waals surface area contributed by atoms with Crippen LogP contribution in [-0.2, 0) is 11.2 Å². The summed E-state index contributed by atoms with van der Waals surface area (Å²) >= 11 is 1.75. The second kappa shape index (κ2) is 9.11. The number of piperazine rings is 1. The SMILES string of the molecule is Cc1nc(N2CCCCC2)cc(N2CCN(C(=O)CCc3sccc3C)CC2)n1. The smallest absolute Gasteiger partial charge is 0.223 e. The Balaban J connectivity index is 1.33. The zero-order valence-electron chi connectivity index (χ0n) is 17.6. The maximum absolute atomic E-state index is 12.6. The lowest BCUT2D eigenvalue weighted by Gasteiger charge is -2.36. The van der Waals surface area contributed by atoms with E-state index in [0.29, 0.717) is 6.42 Å². The van der Waals surface area contributed by atoms with Crippen LogP contribution in [0.15, 0.2) is 17.5 Å². The average Bonchev–Trinajstić information content (AvgIpc) is 3.17. The van der Waals surface area contributed by atoms with Crippen LogP contribution >= 0.6 is 11.3 Å². The zero-order chi connectivity index (χ0) is 20.2. The highest BCUT2D eigenvalue weighted by atomic mass is 32.1. The molecule has 1 amide bonds. The Morgan fingerprint density at radius 2 is 1.62 bits per heavy atom. The van der Waals surface area contributed by atoms with Gasteiger partial charge in [0.15, 0.2) is 0 Å². The topological polar surface area (TPSA) is 52.6 Å². The maximum Gasteiger partial charge on any atom is 0.223 e. The van der Waals surface area contributed by atoms with Gasteiger partial charge >= 0.3 is 0 Å². The van der Waals surface area contributed by atoms with Crippen molar-refractivity contribution in [3.05, 3.63) is 33.8 Å². The van der Waals surface area contributed by atoms with E-state index < -0.39 is 0 Å². The van der Waals surface area contributed by atoms with Crippen molar-refractivity contribution in [3.8, 4) is 0 Å². The second-order valence-electron chi connectivity index (χ2n) is 8.07. The predicted octanol–water partition coefficient (Wildman–Crippen LogP) is 3.43. The molecule has 2 aliphatic rings. The quantitative estimate of drug-likeness (QED) is 0.752. The van der Waals surface area contributed by atoms with E-state index in [4.69, 9.17) is 0 Å². The minimum absolute atomic E-state index is 0.269. The number of amides is 1. The Hall–Kier alpha value is -2.15. The molecule has 0 aliphatic carbocycles. The van der Waals surface area contributed by atoms with E-state index in [1.165, 1.54) is 29.7 Å². The van der Waals surface area contributed by atoms with Gasteiger partial charge in [0, 0.05) is 56.6 Å². The number of carbonyl (C=O) groups is 1. The monoisotopic (exact) mass is 413 g/mol. The fraction of sp³-hybridized carbons (Fsp3) is 0.591. The van der Waals surface area contributed by atoms with Gasteiger partial charge in [-0.05, 0) is 56.5 Å². The van der Waals surface area contributed by atoms with Crippen molar-refractivity contribution in [1.82, 2.24) is 14.9 Å². The summed E-state index contributed by atoms with van der Waals surface area (Å²) in [7, 11) is 0. The minimum atomic E-state index is 0.269. The molecule has 7 heteroatoms. The maximum atomic E-state index is 12.6. The fourth-order valence-corrected chi connectivity index (χ4v) is 5.12. The van der Waals surface area contributed by atoms with E-state index in [9.17, 15) is 4.79 Å². The molecule has 0 radical (unpaired) electrons. The predicted molar refractivity (Wildman–Crippen MR) is 119 cm³/mol. The first-order valence-electron chi connectivity index (χ1n) is 10.8. The molecule has 2 aromatic rings. The van der Waals surface area contributed by atoms with Crippen molar-refractivity contribution in [2.75, 3.05) is 49.1 Å². The van der Waals surface area contributed by atoms with Gasteiger partial charge in [-0.3, -0.25) is 4.79 Å². The molecule has 2 saturated heterocycles. The Morgan fingerprint density at radius 1 is 0.966 bits per heavy atom. The Bertz CT molecular complexity index is 837. The van der Waals surface area contributed by atoms with Crippen molar-refractivity contribution in [3.63, 3.8) is 0 Å². The van der Waals surface area contributed by atoms with Crippen molar-refractivity contribution < 1.29 is 4.79 Å². The van der Waals surface area contributed by atoms with Crippen LogP contribution in [0.2, 0.25) is 0 Å². The molecule has 0 saturated carbocycles. The zero-order valence-corrected chi connectivity index (χ0v) is 18.4. The molecular formula is C22H31N5OS. The number of thiophene rings is 1. The lowest BCUT2D eigenvalue weighted by Crippen LogP contribution is -2.49. The van der Waals surface area contributed by atoms with Crippen LogP contribution in [0.5, 0.6) is 0 Å². The van der Waals surface area contributed by atoms with Crippen LogP contribution in [0, 0.1) is 13.8 Å². The Morgan fingerprint density at radius 3 is 2.24 bits per heavy atom. The van der Waals surface area contributed by atoms with Crippen LogP contribution in [0.1, 0.15) is 41.9 Å². The van der Waals surface area contributed by atoms with Gasteiger partial charge in [-0.25, -0.2) is 9.97 Å². The Kier molecular flexibility index (Phi) is 6.33. The van der Waals surface area contributed by atoms with Gasteiger partial charge in [0.1, 0.15) is 17.5 Å². The van der Waals surface area contributed by atoms with Crippen LogP contribution in [-0.4, -0.2) is 60.0 Å². The Labute approximate surface area is 177 Å². The summed E-state index contributed by atoms with van der Waals surface area (Å²) in [6, 6.07) is 4.26. The molecule has 4 heterocycles. The van der Waals surface area contributed by atoms with E-state index in [-0.39, 0.29) is 5.91 Å². The summed E-state index contributed by atoms with van der Waals surface area (Å²) in [5.74, 6) is 3.15. The van der Waals surface area contributed by atoms with Crippen LogP contribution in [0.25, 0.3) is 0 Å². The normalized spacial score (nSPS) is 17.7. The first-order valence-corrected chi connectivity index (χ1v) is 11.6. The number of anilines is 2. The van der Waals surface area contributed by atoms with Crippen molar-refractivity contribution >= 4 is 28.9 Å². The molecule has 0 atom stereocenters. The van der Waals surface area contributed by atoms with E-state index in [1.807, 2.05) is 11.8 Å². The van der Waals surface area contributed by atoms with E-state index in [1.54, 1.807) is 11.3 Å². The van der Waals surface area contributed by atoms with Gasteiger partial charge in [-0.2, -0.15) is 0 Å². The van der Waals surface area contributed by atoms with Gasteiger partial charge in [0.05, 0.1) is 0 Å². The van der Waals surface area contributed by atoms with E-state index in [2.05, 4.69) is 44.2 Å². The molecule has 0 spiro atoms. The standard InChI is InChI=1S/C22H31N5OS/c1-17-8-15-29-19(17)6-7-22(28)27-13-11-26(12-14-27)21-16-20(23-18(2)24-21)25-9-4-3-5-10-25/h8,15-16H,3-7,9-14H2,1-2H3. The number of hydrogen-bond acceptors (Lipinski definition) is 6. The summed E-state index contributed by atoms with van der Waals surface area (Å²) in [5.41, 5.74) is 1.30. The number of rotatable bonds is 5. The average molecular weight is 414 g/mol. The third kappa shape index (κ3) is 4.89. The number of piperidine rings is 1. The fourth-order valence-electron chi connectivity index (χ4n) is 4.21. The molecule has 4 rings (SSSR count). The first kappa shape index (κ1) is 20.1. The molecule has 0 aromatic carbocycles. The highest BCUT2D eigenvalue weighted by Gasteiger charge is 2.23. The number of aryl methyl sites for hydroxylation is 3. The van der Waals surface area contributed by atoms with Crippen LogP contribution < -0.4 is 9.80 Å². The molecule has 0 N–H and O–H groups in total. The van der Waals surface area contributed by atoms with Crippen molar-refractivity contribution in [1.29, 1.82) is 0 Å². The molecule has 29 heavy (non-hydrogen) atoms. The summed E-state index contributed by atoms with van der Waals surface area (Å²) in [5, 5.41) is 2.11. The summed E-state index contributed by atoms with van der Waals surface area (Å²) in [6.45, 7) is 9.47. The van der Waals surface area contributed by atoms with Gasteiger partial charge in [0.25, 0.3) is 0 Å². The largest absolute Gasteiger partial charge is 0.356 e. The molecule has 6 nitrogen and oxygen atoms in total. The highest BCUT2D eigenvalue weighted by Crippen LogP contribution is 2.24. The van der Waals surface area contributed by atoms with Crippen molar-refractivity contribution in [2.45, 2.75) is 46.0 Å². The van der Waals surface area contributed by atoms with Gasteiger partial charge < -0.3 is 14.7 Å². The molecular weight excluding hydrogens is 382 g/mol. The first-order chi connectivity index (χ1) is 14.1. The van der Waals surface area contributed by atoms with Gasteiger partial charge in [-0.15, -0.1) is 11.3 Å². The van der Waals surface area contributed by atoms with Crippen LogP contribution in [0.4, 0.5) is 11.6 Å². The molecule has 0 bridgehead atoms. The third-order valence-electron chi connectivity index (χ3n) is 5.98. The molecule has 2 aliphatic heterocycles. The minimum Gasteiger partial charge on any atom is -0.356 e. The van der Waals surface area contributed by atoms with Crippen molar-refractivity contribution in [2.24, 2.45) is 0 Å². The summed E-state index contributed by atoms with van der Waals surface area (Å²) in [4.78, 5) is 30.0. The third-order valence-corrected chi connectivity index (χ3v) is 7.06. The summed E-state index contributed by atoms with van der Waals surface area (Å²) in [6.07, 6.45) is 5.25. The molecule has 2 fully saturated rings. The van der Waals surface area contributed by atoms with Crippen LogP contribution in [0.3, 0.4) is 0 Å². The van der Waals surface area contributed by atoms with E-state index in [0.717, 1.165) is 63.1 Å². The number of nitrogens with zero attached hydrogens (tertiary/aromatic N) is 5. The lowest BCUT2D eigenvalue weighted by atomic mass is 10.1. The van der Waals surface area contributed by atoms with Gasteiger partial charge in [-0.1, -0.05) is 0 Å². The second-order valence-corrected chi connectivity index (χ2v) is 9.07. The molecule has 0 unspecified atom stereocenters. The number of hydrogen-bond donors (Lipinski definition) is 0. The highest BCUT2D eigenvalue weighted by molar-refractivity contribution is 7.10. The number of aromatic nitrogens is 2. The van der Waals surface area contributed by atoms with Gasteiger partial charge in [0.2, 0.25) is 5.91 Å². The van der Waals surface area contributed by atoms with E-state index >= 15 is 0 Å². The lowest BCUT2D eigenvalue weighted by molar-refractivity contribution is -0.131.